The lowest BCUT2D eigenvalue weighted by Crippen LogP contribution is -3.06. The predicted octanol–water partition coefficient (Wildman–Crippen LogP) is -0.612. The summed E-state index contributed by atoms with van der Waals surface area (Å²) in [5.41, 5.74) is 0. The monoisotopic (exact) mass is 265 g/mol. The van der Waals surface area contributed by atoms with Gasteiger partial charge in [-0.1, -0.05) is 0 Å². The van der Waals surface area contributed by atoms with Gasteiger partial charge in [0.15, 0.2) is 11.6 Å². The molecule has 2 N–H and O–H groups in total. The molecule has 17 heavy (non-hydrogen) atoms. The molecule has 0 aliphatic rings. The summed E-state index contributed by atoms with van der Waals surface area (Å²) >= 11 is 0. The summed E-state index contributed by atoms with van der Waals surface area (Å²) in [7, 11) is -0.00358. The fourth-order valence-corrected chi connectivity index (χ4v) is 2.21. The number of quaternary nitrogens is 1. The van der Waals surface area contributed by atoms with Crippen molar-refractivity contribution in [3.8, 4) is 0 Å². The van der Waals surface area contributed by atoms with E-state index in [0.717, 1.165) is 17.0 Å². The Bertz CT molecular complexity index is 489. The molecule has 4 nitrogen and oxygen atoms in total. The second-order valence-corrected chi connectivity index (χ2v) is 5.70. The van der Waals surface area contributed by atoms with E-state index in [9.17, 15) is 17.2 Å². The summed E-state index contributed by atoms with van der Waals surface area (Å²) in [5.74, 6) is -2.24. The van der Waals surface area contributed by atoms with Crippen LogP contribution in [0.25, 0.3) is 0 Å². The van der Waals surface area contributed by atoms with Crippen LogP contribution >= 0.6 is 0 Å². The quantitative estimate of drug-likeness (QED) is 0.746. The smallest absolute Gasteiger partial charge is 0.240 e. The molecule has 0 spiro atoms. The van der Waals surface area contributed by atoms with Crippen molar-refractivity contribution in [3.63, 3.8) is 0 Å². The van der Waals surface area contributed by atoms with Crippen LogP contribution in [-0.2, 0) is 10.0 Å². The van der Waals surface area contributed by atoms with E-state index < -0.39 is 21.7 Å². The first-order valence-corrected chi connectivity index (χ1v) is 6.55. The average molecular weight is 265 g/mol. The molecule has 96 valence electrons. The molecule has 1 aromatic rings. The van der Waals surface area contributed by atoms with Gasteiger partial charge in [0.1, 0.15) is 0 Å². The van der Waals surface area contributed by atoms with Crippen LogP contribution in [-0.4, -0.2) is 35.6 Å². The van der Waals surface area contributed by atoms with Crippen LogP contribution in [0.4, 0.5) is 8.78 Å². The summed E-state index contributed by atoms with van der Waals surface area (Å²) < 4.78 is 51.2. The van der Waals surface area contributed by atoms with Crippen LogP contribution in [0.5, 0.6) is 0 Å². The van der Waals surface area contributed by atoms with E-state index in [4.69, 9.17) is 0 Å². The molecule has 0 fully saturated rings. The zero-order valence-corrected chi connectivity index (χ0v) is 10.4. The fraction of sp³-hybridized carbons (Fsp3) is 0.400. The summed E-state index contributed by atoms with van der Waals surface area (Å²) in [4.78, 5) is 0.808. The number of likely N-dealkylation sites (N-methyl/N-ethyl adjacent to an activating group) is 1. The number of rotatable bonds is 5. The Hall–Kier alpha value is -1.05. The molecule has 0 saturated carbocycles. The van der Waals surface area contributed by atoms with Crippen molar-refractivity contribution in [1.82, 2.24) is 4.72 Å². The highest BCUT2D eigenvalue weighted by atomic mass is 32.2. The third-order valence-electron chi connectivity index (χ3n) is 2.12. The molecule has 7 heteroatoms. The first-order chi connectivity index (χ1) is 7.83. The Balaban J connectivity index is 2.79. The number of sulfonamides is 1. The minimum Gasteiger partial charge on any atom is -0.339 e. The lowest BCUT2D eigenvalue weighted by Gasteiger charge is -2.09. The number of benzene rings is 1. The molecule has 0 bridgehead atoms. The Morgan fingerprint density at radius 3 is 2.41 bits per heavy atom. The zero-order valence-electron chi connectivity index (χ0n) is 9.63. The lowest BCUT2D eigenvalue weighted by molar-refractivity contribution is -0.856. The van der Waals surface area contributed by atoms with E-state index in [0.29, 0.717) is 12.6 Å². The second-order valence-electron chi connectivity index (χ2n) is 3.93. The Labute approximate surface area is 99.3 Å². The van der Waals surface area contributed by atoms with Crippen molar-refractivity contribution in [2.75, 3.05) is 27.2 Å². The third-order valence-corrected chi connectivity index (χ3v) is 3.58. The van der Waals surface area contributed by atoms with Crippen LogP contribution in [0.3, 0.4) is 0 Å². The normalized spacial score (nSPS) is 12.1. The molecule has 0 aliphatic carbocycles. The molecule has 0 aromatic heterocycles. The van der Waals surface area contributed by atoms with E-state index in [1.54, 1.807) is 0 Å². The maximum absolute atomic E-state index is 12.9. The fourth-order valence-electron chi connectivity index (χ4n) is 1.16. The Kier molecular flexibility index (Phi) is 4.55. The molecular formula is C10H15F2N2O2S+. The number of halogens is 2. The number of hydrogen-bond acceptors (Lipinski definition) is 2. The van der Waals surface area contributed by atoms with Crippen molar-refractivity contribution in [1.29, 1.82) is 0 Å². The number of hydrogen-bond donors (Lipinski definition) is 2. The predicted molar refractivity (Wildman–Crippen MR) is 59.2 cm³/mol. The zero-order chi connectivity index (χ0) is 13.1. The molecule has 1 rings (SSSR count). The van der Waals surface area contributed by atoms with E-state index in [1.807, 2.05) is 14.1 Å². The minimum atomic E-state index is -3.77. The van der Waals surface area contributed by atoms with Crippen molar-refractivity contribution in [2.24, 2.45) is 0 Å². The van der Waals surface area contributed by atoms with Gasteiger partial charge in [0.2, 0.25) is 10.0 Å². The van der Waals surface area contributed by atoms with Crippen LogP contribution in [0.2, 0.25) is 0 Å². The maximum Gasteiger partial charge on any atom is 0.240 e. The molecule has 0 amide bonds. The topological polar surface area (TPSA) is 50.6 Å². The van der Waals surface area contributed by atoms with Crippen LogP contribution in [0.1, 0.15) is 0 Å². The first-order valence-electron chi connectivity index (χ1n) is 5.06. The highest BCUT2D eigenvalue weighted by molar-refractivity contribution is 7.89. The van der Waals surface area contributed by atoms with Gasteiger partial charge in [-0.05, 0) is 18.2 Å². The lowest BCUT2D eigenvalue weighted by atomic mass is 10.3. The second kappa shape index (κ2) is 5.52. The largest absolute Gasteiger partial charge is 0.339 e. The number of nitrogens with one attached hydrogen (secondary N) is 2. The highest BCUT2D eigenvalue weighted by Gasteiger charge is 2.16. The molecular weight excluding hydrogens is 250 g/mol. The van der Waals surface area contributed by atoms with E-state index >= 15 is 0 Å². The van der Waals surface area contributed by atoms with Gasteiger partial charge in [-0.15, -0.1) is 0 Å². The SMILES string of the molecule is C[NH+](C)CCNS(=O)(=O)c1ccc(F)c(F)c1. The molecule has 0 unspecified atom stereocenters. The van der Waals surface area contributed by atoms with Crippen LogP contribution in [0, 0.1) is 11.6 Å². The van der Waals surface area contributed by atoms with Gasteiger partial charge in [0.05, 0.1) is 32.1 Å². The van der Waals surface area contributed by atoms with Gasteiger partial charge in [0.25, 0.3) is 0 Å². The van der Waals surface area contributed by atoms with E-state index in [2.05, 4.69) is 4.72 Å². The van der Waals surface area contributed by atoms with Gasteiger partial charge in [-0.25, -0.2) is 21.9 Å². The average Bonchev–Trinajstić information content (AvgIpc) is 2.21. The first kappa shape index (κ1) is 14.0. The maximum atomic E-state index is 12.9. The standard InChI is InChI=1S/C10H14F2N2O2S/c1-14(2)6-5-13-17(15,16)8-3-4-9(11)10(12)7-8/h3-4,7,13H,5-6H2,1-2H3/p+1. The van der Waals surface area contributed by atoms with Crippen molar-refractivity contribution in [3.05, 3.63) is 29.8 Å². The summed E-state index contributed by atoms with van der Waals surface area (Å²) in [6, 6.07) is 2.49. The summed E-state index contributed by atoms with van der Waals surface area (Å²) in [6.45, 7) is 0.840. The van der Waals surface area contributed by atoms with Gasteiger partial charge in [-0.2, -0.15) is 0 Å². The molecule has 0 radical (unpaired) electrons. The molecule has 1 aromatic carbocycles. The van der Waals surface area contributed by atoms with E-state index in [1.165, 1.54) is 0 Å². The summed E-state index contributed by atoms with van der Waals surface area (Å²) in [6.07, 6.45) is 0. The van der Waals surface area contributed by atoms with Crippen molar-refractivity contribution in [2.45, 2.75) is 4.90 Å². The Morgan fingerprint density at radius 1 is 1.24 bits per heavy atom. The van der Waals surface area contributed by atoms with Crippen LogP contribution < -0.4 is 9.62 Å². The highest BCUT2D eigenvalue weighted by Crippen LogP contribution is 2.13. The molecule has 0 heterocycles. The molecule has 0 saturated heterocycles. The van der Waals surface area contributed by atoms with Crippen molar-refractivity contribution >= 4 is 10.0 Å². The minimum absolute atomic E-state index is 0.240. The van der Waals surface area contributed by atoms with Gasteiger partial charge >= 0.3 is 0 Å². The van der Waals surface area contributed by atoms with E-state index in [-0.39, 0.29) is 11.4 Å². The van der Waals surface area contributed by atoms with Gasteiger partial charge in [0, 0.05) is 0 Å². The van der Waals surface area contributed by atoms with Gasteiger partial charge < -0.3 is 4.90 Å². The van der Waals surface area contributed by atoms with Crippen molar-refractivity contribution < 1.29 is 22.1 Å². The van der Waals surface area contributed by atoms with Gasteiger partial charge in [-0.3, -0.25) is 0 Å². The summed E-state index contributed by atoms with van der Waals surface area (Å²) in [5, 5.41) is 0. The third kappa shape index (κ3) is 4.03. The molecule has 0 atom stereocenters. The van der Waals surface area contributed by atoms with Crippen LogP contribution in [0.15, 0.2) is 23.1 Å². The Morgan fingerprint density at radius 2 is 1.88 bits per heavy atom. The molecule has 0 aliphatic heterocycles.